The quantitative estimate of drug-likeness (QED) is 0.0743. The normalized spacial score (nSPS) is 13.0. The van der Waals surface area contributed by atoms with Gasteiger partial charge in [-0.3, -0.25) is 0 Å². The summed E-state index contributed by atoms with van der Waals surface area (Å²) in [5.74, 6) is 0.605. The average Bonchev–Trinajstić information content (AvgIpc) is 3.24. The highest BCUT2D eigenvalue weighted by atomic mass is 16.5. The number of carbonyl (C=O) groups is 2. The van der Waals surface area contributed by atoms with Crippen LogP contribution in [-0.2, 0) is 48.5 Å². The molecule has 0 aliphatic rings. The highest BCUT2D eigenvalue weighted by Gasteiger charge is 2.34. The molecule has 372 valence electrons. The van der Waals surface area contributed by atoms with Crippen molar-refractivity contribution in [2.24, 2.45) is 0 Å². The molecule has 6 nitrogen and oxygen atoms in total. The van der Waals surface area contributed by atoms with Crippen molar-refractivity contribution in [3.8, 4) is 23.0 Å². The lowest BCUT2D eigenvalue weighted by Gasteiger charge is -2.34. The first-order valence-corrected chi connectivity index (χ1v) is 24.7. The van der Waals surface area contributed by atoms with Crippen LogP contribution in [0.2, 0.25) is 0 Å². The molecule has 1 atom stereocenters. The molecular formula is C62H88O6. The maximum Gasteiger partial charge on any atom is 0.335 e. The molecule has 0 saturated heterocycles. The lowest BCUT2D eigenvalue weighted by Crippen LogP contribution is -2.23. The summed E-state index contributed by atoms with van der Waals surface area (Å²) in [6, 6.07) is 16.9. The zero-order valence-corrected chi connectivity index (χ0v) is 46.1. The second kappa shape index (κ2) is 21.3. The Morgan fingerprint density at radius 3 is 1.32 bits per heavy atom. The molecule has 0 heterocycles. The van der Waals surface area contributed by atoms with Gasteiger partial charge < -0.3 is 19.7 Å². The Hall–Kier alpha value is -5.10. The number of esters is 2. The van der Waals surface area contributed by atoms with Crippen LogP contribution in [0.25, 0.3) is 0 Å². The molecule has 0 spiro atoms. The van der Waals surface area contributed by atoms with E-state index in [1.54, 1.807) is 0 Å². The molecule has 0 aliphatic carbocycles. The van der Waals surface area contributed by atoms with Crippen LogP contribution >= 0.6 is 0 Å². The molecule has 0 radical (unpaired) electrons. The molecule has 4 aromatic carbocycles. The fourth-order valence-electron chi connectivity index (χ4n) is 8.40. The minimum absolute atomic E-state index is 0.0541. The number of hydrogen-bond acceptors (Lipinski definition) is 6. The van der Waals surface area contributed by atoms with Crippen LogP contribution in [0.4, 0.5) is 0 Å². The molecule has 0 aromatic heterocycles. The molecular weight excluding hydrogens is 841 g/mol. The smallest absolute Gasteiger partial charge is 0.335 e. The van der Waals surface area contributed by atoms with Gasteiger partial charge in [0.1, 0.15) is 23.0 Å². The number of aromatic hydroxyl groups is 2. The molecule has 0 bridgehead atoms. The minimum Gasteiger partial charge on any atom is -0.507 e. The third-order valence-corrected chi connectivity index (χ3v) is 14.3. The molecule has 4 aromatic rings. The second-order valence-electron chi connectivity index (χ2n) is 24.1. The molecule has 1 unspecified atom stereocenters. The van der Waals surface area contributed by atoms with Gasteiger partial charge in [0.25, 0.3) is 0 Å². The van der Waals surface area contributed by atoms with Crippen LogP contribution in [0.5, 0.6) is 23.0 Å². The van der Waals surface area contributed by atoms with Gasteiger partial charge in [0.15, 0.2) is 0 Å². The monoisotopic (exact) mass is 929 g/mol. The molecule has 0 amide bonds. The van der Waals surface area contributed by atoms with Gasteiger partial charge in [-0.1, -0.05) is 204 Å². The Balaban J connectivity index is 0.000000376. The van der Waals surface area contributed by atoms with E-state index in [9.17, 15) is 19.8 Å². The van der Waals surface area contributed by atoms with E-state index in [-0.39, 0.29) is 38.4 Å². The van der Waals surface area contributed by atoms with Crippen LogP contribution in [0.15, 0.2) is 73.8 Å². The Bertz CT molecular complexity index is 2490. The molecule has 4 rings (SSSR count). The van der Waals surface area contributed by atoms with Gasteiger partial charge in [-0.2, -0.15) is 0 Å². The molecule has 6 heteroatoms. The summed E-state index contributed by atoms with van der Waals surface area (Å²) in [7, 11) is 0. The maximum atomic E-state index is 12.6. The van der Waals surface area contributed by atoms with E-state index in [4.69, 9.17) is 9.47 Å². The first-order valence-electron chi connectivity index (χ1n) is 24.7. The summed E-state index contributed by atoms with van der Waals surface area (Å²) in [6.07, 6.45) is 5.72. The van der Waals surface area contributed by atoms with Crippen molar-refractivity contribution in [2.75, 3.05) is 0 Å². The molecule has 0 aliphatic heterocycles. The highest BCUT2D eigenvalue weighted by Crippen LogP contribution is 2.49. The third kappa shape index (κ3) is 13.4. The lowest BCUT2D eigenvalue weighted by atomic mass is 9.72. The Morgan fingerprint density at radius 2 is 0.897 bits per heavy atom. The first-order chi connectivity index (χ1) is 31.0. The van der Waals surface area contributed by atoms with Gasteiger partial charge in [0, 0.05) is 52.3 Å². The van der Waals surface area contributed by atoms with Gasteiger partial charge in [-0.25, -0.2) is 9.59 Å². The molecule has 0 saturated carbocycles. The number of benzene rings is 4. The van der Waals surface area contributed by atoms with Gasteiger partial charge in [0.2, 0.25) is 0 Å². The average molecular weight is 929 g/mol. The maximum absolute atomic E-state index is 12.6. The van der Waals surface area contributed by atoms with E-state index in [0.717, 1.165) is 74.9 Å². The predicted octanol–water partition coefficient (Wildman–Crippen LogP) is 16.3. The zero-order chi connectivity index (χ0) is 52.3. The summed E-state index contributed by atoms with van der Waals surface area (Å²) in [5, 5.41) is 22.9. The van der Waals surface area contributed by atoms with Gasteiger partial charge in [-0.15, -0.1) is 0 Å². The number of hydrogen-bond donors (Lipinski definition) is 2. The third-order valence-electron chi connectivity index (χ3n) is 14.3. The standard InChI is InChI=1S/C36H54O3.C26H34O3/c1-15-30(37)39-32-27(20-25(35(11,12)17-3)22-29(32)33(6,7)8)23(5)26-19-24(34(9,10)16-2)21-28(31(26)38)36(13,14)18-4;1-10-22(27)29-24-19(12-17(3)14-21(24)26(7,8)9)15-18-11-16(2)13-20(23(18)28)25(4,5)6/h15,19-23,38H,1,16-18H2,2-14H3;10-14,28H,1,15H2,2-9H3. The summed E-state index contributed by atoms with van der Waals surface area (Å²) >= 11 is 0. The van der Waals surface area contributed by atoms with E-state index < -0.39 is 11.9 Å². The molecule has 68 heavy (non-hydrogen) atoms. The second-order valence-corrected chi connectivity index (χ2v) is 24.1. The number of phenolic OH excluding ortho intramolecular Hbond substituents is 2. The van der Waals surface area contributed by atoms with E-state index in [1.807, 2.05) is 32.0 Å². The van der Waals surface area contributed by atoms with Crippen LogP contribution in [0.3, 0.4) is 0 Å². The SMILES string of the molecule is C=CC(=O)Oc1c(C(C)c2cc(C(C)(C)CC)cc(C(C)(C)CC)c2O)cc(C(C)(C)CC)cc1C(C)(C)C.C=CC(=O)Oc1c(Cc2cc(C)cc(C(C)(C)C)c2O)cc(C)cc1C(C)(C)C. The fraction of sp³-hybridized carbons (Fsp3) is 0.516. The van der Waals surface area contributed by atoms with Gasteiger partial charge in [-0.05, 0) is 93.4 Å². The van der Waals surface area contributed by atoms with Crippen LogP contribution < -0.4 is 9.47 Å². The highest BCUT2D eigenvalue weighted by molar-refractivity contribution is 5.85. The van der Waals surface area contributed by atoms with Crippen molar-refractivity contribution in [3.05, 3.63) is 141 Å². The van der Waals surface area contributed by atoms with E-state index in [1.165, 1.54) is 23.3 Å². The van der Waals surface area contributed by atoms with Crippen LogP contribution in [0, 0.1) is 13.8 Å². The van der Waals surface area contributed by atoms with Crippen molar-refractivity contribution >= 4 is 11.9 Å². The Labute approximate surface area is 412 Å². The molecule has 2 N–H and O–H groups in total. The Morgan fingerprint density at radius 1 is 0.515 bits per heavy atom. The van der Waals surface area contributed by atoms with Crippen molar-refractivity contribution in [2.45, 2.75) is 209 Å². The van der Waals surface area contributed by atoms with Gasteiger partial charge >= 0.3 is 11.9 Å². The number of rotatable bonds is 14. The Kier molecular flexibility index (Phi) is 17.9. The zero-order valence-electron chi connectivity index (χ0n) is 46.1. The van der Waals surface area contributed by atoms with E-state index in [0.29, 0.717) is 29.4 Å². The van der Waals surface area contributed by atoms with Crippen molar-refractivity contribution in [3.63, 3.8) is 0 Å². The van der Waals surface area contributed by atoms with Crippen molar-refractivity contribution in [1.82, 2.24) is 0 Å². The topological polar surface area (TPSA) is 93.1 Å². The summed E-state index contributed by atoms with van der Waals surface area (Å²) in [4.78, 5) is 24.7. The van der Waals surface area contributed by atoms with Crippen molar-refractivity contribution in [1.29, 1.82) is 0 Å². The lowest BCUT2D eigenvalue weighted by molar-refractivity contribution is -0.130. The number of aryl methyl sites for hydroxylation is 2. The predicted molar refractivity (Wildman–Crippen MR) is 287 cm³/mol. The van der Waals surface area contributed by atoms with Gasteiger partial charge in [0.05, 0.1) is 0 Å². The van der Waals surface area contributed by atoms with E-state index >= 15 is 0 Å². The fourth-order valence-corrected chi connectivity index (χ4v) is 8.40. The largest absolute Gasteiger partial charge is 0.507 e. The minimum atomic E-state index is -0.482. The van der Waals surface area contributed by atoms with Crippen molar-refractivity contribution < 1.29 is 29.3 Å². The number of phenols is 2. The first kappa shape index (κ1) is 57.2. The van der Waals surface area contributed by atoms with Crippen LogP contribution in [-0.4, -0.2) is 22.2 Å². The summed E-state index contributed by atoms with van der Waals surface area (Å²) < 4.78 is 11.7. The summed E-state index contributed by atoms with van der Waals surface area (Å²) in [6.45, 7) is 52.4. The summed E-state index contributed by atoms with van der Waals surface area (Å²) in [5.41, 5.74) is 11.0. The van der Waals surface area contributed by atoms with Crippen LogP contribution in [0.1, 0.15) is 223 Å². The number of ether oxygens (including phenoxy) is 2. The van der Waals surface area contributed by atoms with E-state index in [2.05, 4.69) is 175 Å². The number of carbonyl (C=O) groups excluding carboxylic acids is 2. The molecule has 0 fully saturated rings.